The average Bonchev–Trinajstić information content (AvgIpc) is 3.33. The summed E-state index contributed by atoms with van der Waals surface area (Å²) in [4.78, 5) is 21.0. The van der Waals surface area contributed by atoms with Gasteiger partial charge in [0.1, 0.15) is 11.9 Å². The molecule has 2 fully saturated rings. The molecule has 2 aromatic rings. The molecule has 0 amide bonds. The van der Waals surface area contributed by atoms with E-state index in [1.54, 1.807) is 6.07 Å². The molecule has 152 valence electrons. The first-order valence-corrected chi connectivity index (χ1v) is 10.0. The molecule has 6 atom stereocenters. The average molecular weight is 404 g/mol. The van der Waals surface area contributed by atoms with Crippen LogP contribution >= 0.6 is 0 Å². The molecule has 0 saturated carbocycles. The Balaban J connectivity index is 1.60. The second kappa shape index (κ2) is 6.48. The smallest absolute Gasteiger partial charge is 0.259 e. The highest BCUT2D eigenvalue weighted by molar-refractivity contribution is 6.26. The van der Waals surface area contributed by atoms with Gasteiger partial charge in [-0.05, 0) is 49.1 Å². The molecule has 0 spiro atoms. The van der Waals surface area contributed by atoms with Crippen molar-refractivity contribution in [3.8, 4) is 0 Å². The number of nitrogens with zero attached hydrogens (tertiary/aromatic N) is 2. The first-order chi connectivity index (χ1) is 14.3. The van der Waals surface area contributed by atoms with E-state index in [9.17, 15) is 14.3 Å². The molecule has 6 heteroatoms. The fraction of sp³-hybridized carbons (Fsp3) is 0.375. The summed E-state index contributed by atoms with van der Waals surface area (Å²) in [6.45, 7) is 13.6. The molecule has 0 radical (unpaired) electrons. The summed E-state index contributed by atoms with van der Waals surface area (Å²) < 4.78 is 19.4. The lowest BCUT2D eigenvalue weighted by molar-refractivity contribution is -0.118. The fourth-order valence-corrected chi connectivity index (χ4v) is 5.81. The number of carbonyl (C=O) groups is 1. The number of rotatable bonds is 2. The monoisotopic (exact) mass is 404 g/mol. The maximum Gasteiger partial charge on any atom is 0.259 e. The van der Waals surface area contributed by atoms with Crippen LogP contribution in [0.3, 0.4) is 0 Å². The van der Waals surface area contributed by atoms with Crippen LogP contribution in [0.15, 0.2) is 36.2 Å². The second-order valence-corrected chi connectivity index (χ2v) is 8.57. The molecule has 2 aliphatic heterocycles. The van der Waals surface area contributed by atoms with Crippen LogP contribution in [0, 0.1) is 45.1 Å². The number of aryl methyl sites for hydroxylation is 3. The molecule has 3 aliphatic rings. The molecular weight excluding hydrogens is 383 g/mol. The first kappa shape index (κ1) is 19.0. The summed E-state index contributed by atoms with van der Waals surface area (Å²) in [6.07, 6.45) is 0.309. The number of ketones is 1. The van der Waals surface area contributed by atoms with Gasteiger partial charge in [-0.3, -0.25) is 4.79 Å². The van der Waals surface area contributed by atoms with Gasteiger partial charge in [-0.25, -0.2) is 11.6 Å². The van der Waals surface area contributed by atoms with E-state index in [-0.39, 0.29) is 17.5 Å². The summed E-state index contributed by atoms with van der Waals surface area (Å²) in [6, 6.07) is 6.31. The topological polar surface area (TPSA) is 63.8 Å². The third kappa shape index (κ3) is 2.42. The zero-order valence-electron chi connectivity index (χ0n) is 16.9. The summed E-state index contributed by atoms with van der Waals surface area (Å²) in [5.41, 5.74) is 4.80. The van der Waals surface area contributed by atoms with Gasteiger partial charge in [-0.15, -0.1) is 0 Å². The van der Waals surface area contributed by atoms with Crippen molar-refractivity contribution in [2.45, 2.75) is 44.9 Å². The zero-order valence-corrected chi connectivity index (χ0v) is 16.9. The van der Waals surface area contributed by atoms with Crippen LogP contribution in [-0.4, -0.2) is 34.1 Å². The number of hydrogen-bond acceptors (Lipinski definition) is 4. The van der Waals surface area contributed by atoms with E-state index in [1.165, 1.54) is 12.3 Å². The molecule has 0 unspecified atom stereocenters. The Bertz CT molecular complexity index is 1130. The largest absolute Gasteiger partial charge is 0.511 e. The Morgan fingerprint density at radius 2 is 1.80 bits per heavy atom. The molecule has 1 N–H and O–H groups in total. The molecule has 2 bridgehead atoms. The van der Waals surface area contributed by atoms with Gasteiger partial charge in [0.25, 0.3) is 6.04 Å². The van der Waals surface area contributed by atoms with Crippen molar-refractivity contribution in [1.82, 2.24) is 4.98 Å². The van der Waals surface area contributed by atoms with E-state index in [1.807, 2.05) is 32.9 Å². The van der Waals surface area contributed by atoms with Gasteiger partial charge >= 0.3 is 0 Å². The number of ether oxygens (including phenoxy) is 1. The predicted molar refractivity (Wildman–Crippen MR) is 108 cm³/mol. The van der Waals surface area contributed by atoms with Gasteiger partial charge < -0.3 is 14.7 Å². The number of aromatic nitrogens is 1. The Hall–Kier alpha value is -3.04. The van der Waals surface area contributed by atoms with Crippen molar-refractivity contribution >= 4 is 11.4 Å². The number of allylic oxidation sites excluding steroid dienone is 1. The third-order valence-electron chi connectivity index (χ3n) is 6.80. The van der Waals surface area contributed by atoms with Gasteiger partial charge in [0.05, 0.1) is 29.4 Å². The first-order valence-electron chi connectivity index (χ1n) is 10.0. The fourth-order valence-electron chi connectivity index (χ4n) is 5.81. The summed E-state index contributed by atoms with van der Waals surface area (Å²) in [5, 5.41) is 11.1. The number of fused-ring (bicyclic) bond motifs is 5. The van der Waals surface area contributed by atoms with Crippen molar-refractivity contribution in [2.24, 2.45) is 11.8 Å². The van der Waals surface area contributed by atoms with Crippen molar-refractivity contribution in [3.05, 3.63) is 81.4 Å². The molecule has 3 heterocycles. The summed E-state index contributed by atoms with van der Waals surface area (Å²) in [5.74, 6) is -2.12. The lowest BCUT2D eigenvalue weighted by Gasteiger charge is -2.28. The van der Waals surface area contributed by atoms with Crippen LogP contribution in [-0.2, 0) is 9.53 Å². The van der Waals surface area contributed by atoms with Gasteiger partial charge in [0, 0.05) is 6.20 Å². The lowest BCUT2D eigenvalue weighted by atomic mass is 9.70. The molecule has 30 heavy (non-hydrogen) atoms. The Morgan fingerprint density at radius 1 is 1.10 bits per heavy atom. The molecule has 5 nitrogen and oxygen atoms in total. The standard InChI is InChI=1S/C24H21FN2O3/c1-10-7-11(2)15(12(3)8-10)17-21(28)18-19(22(17)29)24-20(26-4)16(23(18)30-24)13-5-6-14(25)27-9-13/h5-9,16,18-20,23-24,29H,1-3H3/t16-,18-,19+,20+,23-,24-/m1/s1. The number of halogens is 1. The highest BCUT2D eigenvalue weighted by atomic mass is 19.1. The van der Waals surface area contributed by atoms with E-state index in [0.29, 0.717) is 11.1 Å². The van der Waals surface area contributed by atoms with Crippen LogP contribution in [0.4, 0.5) is 4.39 Å². The zero-order chi connectivity index (χ0) is 21.3. The van der Waals surface area contributed by atoms with Gasteiger partial charge in [0.15, 0.2) is 5.78 Å². The number of benzene rings is 1. The number of aliphatic hydroxyl groups is 1. The van der Waals surface area contributed by atoms with E-state index in [2.05, 4.69) is 9.83 Å². The van der Waals surface area contributed by atoms with Crippen molar-refractivity contribution in [1.29, 1.82) is 0 Å². The Labute approximate surface area is 174 Å². The molecule has 2 saturated heterocycles. The van der Waals surface area contributed by atoms with Crippen molar-refractivity contribution < 1.29 is 19.0 Å². The highest BCUT2D eigenvalue weighted by Gasteiger charge is 2.69. The third-order valence-corrected chi connectivity index (χ3v) is 6.80. The van der Waals surface area contributed by atoms with Crippen LogP contribution in [0.5, 0.6) is 0 Å². The second-order valence-electron chi connectivity index (χ2n) is 8.57. The molecule has 1 aromatic heterocycles. The molecular formula is C24H21FN2O3. The van der Waals surface area contributed by atoms with Crippen LogP contribution in [0.1, 0.15) is 33.7 Å². The summed E-state index contributed by atoms with van der Waals surface area (Å²) >= 11 is 0. The van der Waals surface area contributed by atoms with Crippen LogP contribution < -0.4 is 0 Å². The summed E-state index contributed by atoms with van der Waals surface area (Å²) in [7, 11) is 0. The molecule has 1 aliphatic carbocycles. The van der Waals surface area contributed by atoms with Gasteiger partial charge in [-0.2, -0.15) is 4.39 Å². The van der Waals surface area contributed by atoms with Crippen LogP contribution in [0.25, 0.3) is 10.4 Å². The van der Waals surface area contributed by atoms with E-state index < -0.39 is 36.0 Å². The predicted octanol–water partition coefficient (Wildman–Crippen LogP) is 4.08. The van der Waals surface area contributed by atoms with E-state index in [0.717, 1.165) is 22.3 Å². The number of Topliss-reactive ketones (excluding diaryl/α,β-unsaturated/α-hetero) is 1. The normalized spacial score (nSPS) is 31.9. The number of pyridine rings is 1. The van der Waals surface area contributed by atoms with Gasteiger partial charge in [0.2, 0.25) is 5.95 Å². The minimum absolute atomic E-state index is 0.0388. The number of aliphatic hydroxyl groups excluding tert-OH is 1. The Morgan fingerprint density at radius 3 is 2.40 bits per heavy atom. The highest BCUT2D eigenvalue weighted by Crippen LogP contribution is 2.59. The number of carbonyl (C=O) groups excluding carboxylic acids is 1. The van der Waals surface area contributed by atoms with E-state index >= 15 is 0 Å². The molecule has 1 aromatic carbocycles. The maximum atomic E-state index is 13.6. The lowest BCUT2D eigenvalue weighted by Crippen LogP contribution is -2.41. The Kier molecular flexibility index (Phi) is 4.09. The quantitative estimate of drug-likeness (QED) is 0.605. The number of hydrogen-bond donors (Lipinski definition) is 1. The van der Waals surface area contributed by atoms with Crippen molar-refractivity contribution in [3.63, 3.8) is 0 Å². The van der Waals surface area contributed by atoms with Crippen LogP contribution in [0.2, 0.25) is 0 Å². The van der Waals surface area contributed by atoms with E-state index in [4.69, 9.17) is 11.3 Å². The minimum atomic E-state index is -0.594. The SMILES string of the molecule is [C-]#[N+][C@@H]1[C@@H]2O[C@@H]([C@H]3C(=O)C(c4c(C)cc(C)cc4C)=C(O)[C@@H]23)[C@@H]1c1ccc(F)nc1. The molecule has 5 rings (SSSR count). The maximum absolute atomic E-state index is 13.6. The van der Waals surface area contributed by atoms with Gasteiger partial charge in [-0.1, -0.05) is 23.8 Å². The van der Waals surface area contributed by atoms with Crippen molar-refractivity contribution in [2.75, 3.05) is 0 Å². The minimum Gasteiger partial charge on any atom is -0.511 e.